The summed E-state index contributed by atoms with van der Waals surface area (Å²) in [5, 5.41) is 10.6. The summed E-state index contributed by atoms with van der Waals surface area (Å²) in [6.45, 7) is 0.0465. The van der Waals surface area contributed by atoms with Crippen molar-refractivity contribution in [3.05, 3.63) is 75.6 Å². The Bertz CT molecular complexity index is 643. The monoisotopic (exact) mass is 275 g/mol. The van der Waals surface area contributed by atoms with Crippen LogP contribution in [0, 0.1) is 15.9 Å². The maximum atomic E-state index is 13.1. The van der Waals surface area contributed by atoms with Gasteiger partial charge < -0.3 is 4.74 Å². The van der Waals surface area contributed by atoms with Gasteiger partial charge in [-0.1, -0.05) is 30.3 Å². The average Bonchev–Trinajstić information content (AvgIpc) is 2.46. The van der Waals surface area contributed by atoms with E-state index in [1.54, 1.807) is 24.3 Å². The molecule has 0 radical (unpaired) electrons. The van der Waals surface area contributed by atoms with Crippen molar-refractivity contribution in [2.75, 3.05) is 0 Å². The summed E-state index contributed by atoms with van der Waals surface area (Å²) >= 11 is 0. The third kappa shape index (κ3) is 3.17. The van der Waals surface area contributed by atoms with Crippen molar-refractivity contribution in [1.82, 2.24) is 0 Å². The number of nitro benzene ring substituents is 1. The van der Waals surface area contributed by atoms with Crippen LogP contribution in [0.25, 0.3) is 0 Å². The van der Waals surface area contributed by atoms with Gasteiger partial charge in [0.15, 0.2) is 0 Å². The second-order valence-corrected chi connectivity index (χ2v) is 3.99. The molecule has 0 heterocycles. The third-order valence-electron chi connectivity index (χ3n) is 2.59. The molecule has 20 heavy (non-hydrogen) atoms. The highest BCUT2D eigenvalue weighted by Gasteiger charge is 2.18. The zero-order chi connectivity index (χ0) is 14.5. The Labute approximate surface area is 113 Å². The van der Waals surface area contributed by atoms with E-state index >= 15 is 0 Å². The molecule has 0 fully saturated rings. The van der Waals surface area contributed by atoms with Crippen LogP contribution in [0.15, 0.2) is 48.5 Å². The molecule has 0 saturated carbocycles. The van der Waals surface area contributed by atoms with E-state index in [2.05, 4.69) is 0 Å². The van der Waals surface area contributed by atoms with Gasteiger partial charge in [-0.15, -0.1) is 0 Å². The highest BCUT2D eigenvalue weighted by atomic mass is 19.1. The molecule has 2 rings (SSSR count). The van der Waals surface area contributed by atoms with Crippen molar-refractivity contribution in [2.24, 2.45) is 0 Å². The largest absolute Gasteiger partial charge is 0.457 e. The zero-order valence-corrected chi connectivity index (χ0v) is 10.3. The number of nitro groups is 1. The first-order valence-corrected chi connectivity index (χ1v) is 5.73. The number of benzene rings is 2. The molecule has 0 unspecified atom stereocenters. The second-order valence-electron chi connectivity index (χ2n) is 3.99. The fraction of sp³-hybridized carbons (Fsp3) is 0.0714. The Morgan fingerprint density at radius 3 is 2.55 bits per heavy atom. The highest BCUT2D eigenvalue weighted by Crippen LogP contribution is 2.19. The lowest BCUT2D eigenvalue weighted by Crippen LogP contribution is -2.06. The molecule has 102 valence electrons. The van der Waals surface area contributed by atoms with E-state index < -0.39 is 22.4 Å². The summed E-state index contributed by atoms with van der Waals surface area (Å²) in [6.07, 6.45) is 0. The second kappa shape index (κ2) is 5.92. The Hall–Kier alpha value is -2.76. The number of halogens is 1. The van der Waals surface area contributed by atoms with Crippen molar-refractivity contribution >= 4 is 11.7 Å². The minimum atomic E-state index is -0.991. The van der Waals surface area contributed by atoms with Crippen LogP contribution >= 0.6 is 0 Å². The zero-order valence-electron chi connectivity index (χ0n) is 10.3. The van der Waals surface area contributed by atoms with E-state index in [4.69, 9.17) is 4.74 Å². The Morgan fingerprint density at radius 2 is 1.90 bits per heavy atom. The quantitative estimate of drug-likeness (QED) is 0.488. The molecule has 0 spiro atoms. The molecule has 2 aromatic rings. The van der Waals surface area contributed by atoms with Gasteiger partial charge >= 0.3 is 11.7 Å². The van der Waals surface area contributed by atoms with E-state index in [-0.39, 0.29) is 12.2 Å². The van der Waals surface area contributed by atoms with E-state index in [1.165, 1.54) is 0 Å². The summed E-state index contributed by atoms with van der Waals surface area (Å²) in [4.78, 5) is 21.4. The normalized spacial score (nSPS) is 10.1. The van der Waals surface area contributed by atoms with Crippen LogP contribution < -0.4 is 0 Å². The number of hydrogen-bond acceptors (Lipinski definition) is 4. The Balaban J connectivity index is 2.10. The van der Waals surface area contributed by atoms with Crippen LogP contribution in [0.5, 0.6) is 0 Å². The van der Waals surface area contributed by atoms with Gasteiger partial charge in [-0.3, -0.25) is 10.1 Å². The van der Waals surface area contributed by atoms with Gasteiger partial charge in [0.05, 0.1) is 10.5 Å². The summed E-state index contributed by atoms with van der Waals surface area (Å²) in [6, 6.07) is 11.9. The van der Waals surface area contributed by atoms with Gasteiger partial charge in [0.2, 0.25) is 5.82 Å². The summed E-state index contributed by atoms with van der Waals surface area (Å²) in [5.41, 5.74) is -0.0225. The van der Waals surface area contributed by atoms with Gasteiger partial charge in [0.1, 0.15) is 6.61 Å². The predicted octanol–water partition coefficient (Wildman–Crippen LogP) is 3.09. The maximum Gasteiger partial charge on any atom is 0.338 e. The number of rotatable bonds is 4. The van der Waals surface area contributed by atoms with Crippen molar-refractivity contribution in [3.63, 3.8) is 0 Å². The third-order valence-corrected chi connectivity index (χ3v) is 2.59. The molecule has 0 aliphatic heterocycles. The molecule has 0 atom stereocenters. The number of carbonyl (C=O) groups is 1. The highest BCUT2D eigenvalue weighted by molar-refractivity contribution is 5.90. The van der Waals surface area contributed by atoms with Gasteiger partial charge in [0, 0.05) is 6.07 Å². The number of ether oxygens (including phenoxy) is 1. The molecule has 0 amide bonds. The minimum Gasteiger partial charge on any atom is -0.457 e. The SMILES string of the molecule is O=C(OCc1ccccc1)c1ccc(F)c([N+](=O)[O-])c1. The standard InChI is InChI=1S/C14H10FNO4/c15-12-7-6-11(8-13(12)16(18)19)14(17)20-9-10-4-2-1-3-5-10/h1-8H,9H2. The van der Waals surface area contributed by atoms with Crippen LogP contribution in [0.2, 0.25) is 0 Å². The molecule has 0 aromatic heterocycles. The number of esters is 1. The Morgan fingerprint density at radius 1 is 1.20 bits per heavy atom. The van der Waals surface area contributed by atoms with Gasteiger partial charge in [-0.2, -0.15) is 4.39 Å². The molecule has 0 aliphatic carbocycles. The lowest BCUT2D eigenvalue weighted by atomic mass is 10.2. The molecule has 0 aliphatic rings. The number of carbonyl (C=O) groups excluding carboxylic acids is 1. The van der Waals surface area contributed by atoms with Crippen LogP contribution in [0.4, 0.5) is 10.1 Å². The summed E-state index contributed by atoms with van der Waals surface area (Å²) in [7, 11) is 0. The Kier molecular flexibility index (Phi) is 4.05. The van der Waals surface area contributed by atoms with Gasteiger partial charge in [-0.25, -0.2) is 4.79 Å². The molecular formula is C14H10FNO4. The smallest absolute Gasteiger partial charge is 0.338 e. The van der Waals surface area contributed by atoms with E-state index in [0.29, 0.717) is 0 Å². The van der Waals surface area contributed by atoms with Gasteiger partial charge in [0.25, 0.3) is 0 Å². The maximum absolute atomic E-state index is 13.1. The molecule has 2 aromatic carbocycles. The van der Waals surface area contributed by atoms with Gasteiger partial charge in [-0.05, 0) is 17.7 Å². The van der Waals surface area contributed by atoms with Crippen LogP contribution in [0.3, 0.4) is 0 Å². The molecule has 0 N–H and O–H groups in total. The fourth-order valence-electron chi connectivity index (χ4n) is 1.59. The minimum absolute atomic E-state index is 0.0465. The molecule has 0 saturated heterocycles. The van der Waals surface area contributed by atoms with E-state index in [9.17, 15) is 19.3 Å². The van der Waals surface area contributed by atoms with Crippen molar-refractivity contribution in [3.8, 4) is 0 Å². The van der Waals surface area contributed by atoms with Crippen molar-refractivity contribution < 1.29 is 18.8 Å². The summed E-state index contributed by atoms with van der Waals surface area (Å²) < 4.78 is 18.1. The molecule has 5 nitrogen and oxygen atoms in total. The first kappa shape index (κ1) is 13.7. The number of nitrogens with zero attached hydrogens (tertiary/aromatic N) is 1. The molecular weight excluding hydrogens is 265 g/mol. The van der Waals surface area contributed by atoms with Crippen LogP contribution in [-0.4, -0.2) is 10.9 Å². The van der Waals surface area contributed by atoms with E-state index in [1.807, 2.05) is 6.07 Å². The average molecular weight is 275 g/mol. The number of hydrogen-bond donors (Lipinski definition) is 0. The summed E-state index contributed by atoms with van der Waals surface area (Å²) in [5.74, 6) is -1.73. The van der Waals surface area contributed by atoms with Crippen molar-refractivity contribution in [1.29, 1.82) is 0 Å². The molecule has 6 heteroatoms. The van der Waals surface area contributed by atoms with Crippen LogP contribution in [-0.2, 0) is 11.3 Å². The first-order chi connectivity index (χ1) is 9.58. The predicted molar refractivity (Wildman–Crippen MR) is 68.6 cm³/mol. The van der Waals surface area contributed by atoms with E-state index in [0.717, 1.165) is 23.8 Å². The molecule has 0 bridgehead atoms. The van der Waals surface area contributed by atoms with Crippen LogP contribution in [0.1, 0.15) is 15.9 Å². The first-order valence-electron chi connectivity index (χ1n) is 5.73. The lowest BCUT2D eigenvalue weighted by molar-refractivity contribution is -0.387. The van der Waals surface area contributed by atoms with Crippen molar-refractivity contribution in [2.45, 2.75) is 6.61 Å². The fourth-order valence-corrected chi connectivity index (χ4v) is 1.59. The topological polar surface area (TPSA) is 69.4 Å². The lowest BCUT2D eigenvalue weighted by Gasteiger charge is -2.05.